The molecule has 0 radical (unpaired) electrons. The number of carbonyl (C=O) groups excluding carboxylic acids is 1. The van der Waals surface area contributed by atoms with E-state index in [0.29, 0.717) is 15.0 Å². The van der Waals surface area contributed by atoms with Crippen molar-refractivity contribution in [1.29, 1.82) is 0 Å². The molecular formula is C17H11N3O3S2. The van der Waals surface area contributed by atoms with Crippen LogP contribution in [-0.2, 0) is 11.3 Å². The molecule has 0 unspecified atom stereocenters. The van der Waals surface area contributed by atoms with Crippen LogP contribution < -0.4 is 4.80 Å². The molecule has 124 valence electrons. The summed E-state index contributed by atoms with van der Waals surface area (Å²) in [5, 5.41) is 12.8. The van der Waals surface area contributed by atoms with Crippen LogP contribution >= 0.6 is 22.7 Å². The van der Waals surface area contributed by atoms with E-state index in [1.54, 1.807) is 16.7 Å². The van der Waals surface area contributed by atoms with E-state index in [-0.39, 0.29) is 12.2 Å². The highest BCUT2D eigenvalue weighted by Gasteiger charge is 2.11. The molecule has 0 saturated heterocycles. The summed E-state index contributed by atoms with van der Waals surface area (Å²) in [6, 6.07) is 8.27. The second-order valence-electron chi connectivity index (χ2n) is 4.88. The van der Waals surface area contributed by atoms with E-state index in [2.05, 4.69) is 10.9 Å². The van der Waals surface area contributed by atoms with Gasteiger partial charge in [0.2, 0.25) is 0 Å². The number of nitrogens with zero attached hydrogens (tertiary/aromatic N) is 3. The highest BCUT2D eigenvalue weighted by molar-refractivity contribution is 7.16. The average Bonchev–Trinajstić information content (AvgIpc) is 3.21. The summed E-state index contributed by atoms with van der Waals surface area (Å²) >= 11 is 2.71. The van der Waals surface area contributed by atoms with Gasteiger partial charge in [-0.05, 0) is 23.6 Å². The number of nitro groups is 1. The molecule has 2 aromatic heterocycles. The van der Waals surface area contributed by atoms with Crippen molar-refractivity contribution in [2.45, 2.75) is 6.54 Å². The lowest BCUT2D eigenvalue weighted by atomic mass is 10.3. The number of rotatable bonds is 4. The Morgan fingerprint density at radius 1 is 1.44 bits per heavy atom. The lowest BCUT2D eigenvalue weighted by molar-refractivity contribution is -0.384. The summed E-state index contributed by atoms with van der Waals surface area (Å²) in [5.41, 5.74) is 0.694. The standard InChI is InChI=1S/C17H11N3O3S2/c1-2-9-19-14-7-5-12(20(22)23)11-15(14)25-17(19)18-16(21)8-6-13-4-3-10-24-13/h1,3-8,10-11H,9H2/b8-6+,18-17?. The fourth-order valence-corrected chi connectivity index (χ4v) is 3.86. The van der Waals surface area contributed by atoms with Gasteiger partial charge in [-0.25, -0.2) is 0 Å². The number of non-ortho nitro benzene ring substituents is 1. The van der Waals surface area contributed by atoms with E-state index in [1.807, 2.05) is 17.5 Å². The van der Waals surface area contributed by atoms with Crippen LogP contribution in [-0.4, -0.2) is 15.4 Å². The van der Waals surface area contributed by atoms with E-state index >= 15 is 0 Å². The van der Waals surface area contributed by atoms with Gasteiger partial charge in [0, 0.05) is 23.1 Å². The third kappa shape index (κ3) is 3.74. The lowest BCUT2D eigenvalue weighted by Crippen LogP contribution is -2.15. The van der Waals surface area contributed by atoms with Gasteiger partial charge in [0.05, 0.1) is 21.7 Å². The number of carbonyl (C=O) groups is 1. The summed E-state index contributed by atoms with van der Waals surface area (Å²) in [6.07, 6.45) is 8.48. The molecule has 3 rings (SSSR count). The van der Waals surface area contributed by atoms with Gasteiger partial charge in [0.25, 0.3) is 11.6 Å². The van der Waals surface area contributed by atoms with E-state index < -0.39 is 10.8 Å². The van der Waals surface area contributed by atoms with Gasteiger partial charge in [-0.2, -0.15) is 4.99 Å². The molecule has 0 bridgehead atoms. The Morgan fingerprint density at radius 3 is 2.96 bits per heavy atom. The minimum atomic E-state index is -0.462. The molecule has 8 heteroatoms. The maximum Gasteiger partial charge on any atom is 0.272 e. The van der Waals surface area contributed by atoms with Crippen molar-refractivity contribution >= 4 is 50.6 Å². The molecule has 6 nitrogen and oxygen atoms in total. The fraction of sp³-hybridized carbons (Fsp3) is 0.0588. The number of fused-ring (bicyclic) bond motifs is 1. The van der Waals surface area contributed by atoms with Gasteiger partial charge in [-0.15, -0.1) is 17.8 Å². The van der Waals surface area contributed by atoms with Crippen LogP contribution in [0.5, 0.6) is 0 Å². The predicted octanol–water partition coefficient (Wildman–Crippen LogP) is 3.45. The van der Waals surface area contributed by atoms with Crippen molar-refractivity contribution in [3.05, 3.63) is 61.6 Å². The zero-order valence-electron chi connectivity index (χ0n) is 12.8. The summed E-state index contributed by atoms with van der Waals surface area (Å²) in [4.78, 5) is 28.0. The molecule has 0 fully saturated rings. The van der Waals surface area contributed by atoms with Gasteiger partial charge in [-0.3, -0.25) is 14.9 Å². The van der Waals surface area contributed by atoms with Crippen molar-refractivity contribution in [3.8, 4) is 12.3 Å². The number of benzene rings is 1. The zero-order chi connectivity index (χ0) is 17.8. The lowest BCUT2D eigenvalue weighted by Gasteiger charge is -1.98. The smallest absolute Gasteiger partial charge is 0.272 e. The first kappa shape index (κ1) is 16.8. The number of nitro benzene ring substituents is 1. The predicted molar refractivity (Wildman–Crippen MR) is 99.2 cm³/mol. The molecule has 25 heavy (non-hydrogen) atoms. The van der Waals surface area contributed by atoms with Crippen molar-refractivity contribution in [1.82, 2.24) is 4.57 Å². The van der Waals surface area contributed by atoms with Crippen molar-refractivity contribution in [3.63, 3.8) is 0 Å². The quantitative estimate of drug-likeness (QED) is 0.306. The van der Waals surface area contributed by atoms with Crippen molar-refractivity contribution < 1.29 is 9.72 Å². The molecule has 3 aromatic rings. The average molecular weight is 369 g/mol. The number of thiazole rings is 1. The molecule has 0 spiro atoms. The fourth-order valence-electron chi connectivity index (χ4n) is 2.18. The number of terminal acetylenes is 1. The van der Waals surface area contributed by atoms with Gasteiger partial charge in [0.1, 0.15) is 0 Å². The van der Waals surface area contributed by atoms with Crippen LogP contribution in [0, 0.1) is 22.5 Å². The van der Waals surface area contributed by atoms with Crippen molar-refractivity contribution in [2.75, 3.05) is 0 Å². The minimum Gasteiger partial charge on any atom is -0.305 e. The molecule has 0 atom stereocenters. The molecule has 0 N–H and O–H groups in total. The molecule has 0 saturated carbocycles. The Bertz CT molecular complexity index is 1080. The van der Waals surface area contributed by atoms with Gasteiger partial charge < -0.3 is 4.57 Å². The van der Waals surface area contributed by atoms with Crippen LogP contribution in [0.25, 0.3) is 16.3 Å². The highest BCUT2D eigenvalue weighted by Crippen LogP contribution is 2.23. The van der Waals surface area contributed by atoms with Crippen LogP contribution in [0.1, 0.15) is 4.88 Å². The first-order chi connectivity index (χ1) is 12.1. The van der Waals surface area contributed by atoms with E-state index in [9.17, 15) is 14.9 Å². The van der Waals surface area contributed by atoms with Gasteiger partial charge in [-0.1, -0.05) is 23.3 Å². The molecule has 0 aliphatic carbocycles. The van der Waals surface area contributed by atoms with Crippen molar-refractivity contribution in [2.24, 2.45) is 4.99 Å². The number of amides is 1. The summed E-state index contributed by atoms with van der Waals surface area (Å²) in [7, 11) is 0. The molecule has 1 amide bonds. The van der Waals surface area contributed by atoms with E-state index in [1.165, 1.54) is 40.9 Å². The second-order valence-corrected chi connectivity index (χ2v) is 6.87. The topological polar surface area (TPSA) is 77.5 Å². The largest absolute Gasteiger partial charge is 0.305 e. The Balaban J connectivity index is 2.04. The first-order valence-electron chi connectivity index (χ1n) is 7.10. The Kier molecular flexibility index (Phi) is 4.88. The monoisotopic (exact) mass is 369 g/mol. The van der Waals surface area contributed by atoms with E-state index in [4.69, 9.17) is 6.42 Å². The minimum absolute atomic E-state index is 0.0166. The Morgan fingerprint density at radius 2 is 2.28 bits per heavy atom. The van der Waals surface area contributed by atoms with Crippen LogP contribution in [0.15, 0.2) is 46.8 Å². The Labute approximate surface area is 150 Å². The molecule has 1 aromatic carbocycles. The number of thiophene rings is 1. The number of hydrogen-bond donors (Lipinski definition) is 0. The number of aromatic nitrogens is 1. The maximum atomic E-state index is 12.1. The first-order valence-corrected chi connectivity index (χ1v) is 8.79. The van der Waals surface area contributed by atoms with E-state index in [0.717, 1.165) is 4.88 Å². The van der Waals surface area contributed by atoms with Gasteiger partial charge in [0.15, 0.2) is 4.80 Å². The summed E-state index contributed by atoms with van der Waals surface area (Å²) in [5.74, 6) is 2.10. The normalized spacial score (nSPS) is 11.9. The highest BCUT2D eigenvalue weighted by atomic mass is 32.1. The van der Waals surface area contributed by atoms with Gasteiger partial charge >= 0.3 is 0 Å². The zero-order valence-corrected chi connectivity index (χ0v) is 14.4. The Hall–Kier alpha value is -3.02. The van der Waals surface area contributed by atoms with Crippen LogP contribution in [0.3, 0.4) is 0 Å². The third-order valence-electron chi connectivity index (χ3n) is 3.27. The molecule has 0 aliphatic heterocycles. The molecule has 0 aliphatic rings. The molecule has 2 heterocycles. The number of hydrogen-bond acceptors (Lipinski definition) is 5. The SMILES string of the molecule is C#CCn1c(=NC(=O)/C=C/c2cccs2)sc2cc([N+](=O)[O-])ccc21. The van der Waals surface area contributed by atoms with Crippen LogP contribution in [0.4, 0.5) is 5.69 Å². The maximum absolute atomic E-state index is 12.1. The second kappa shape index (κ2) is 7.25. The summed E-state index contributed by atoms with van der Waals surface area (Å²) in [6.45, 7) is 0.221. The summed E-state index contributed by atoms with van der Waals surface area (Å²) < 4.78 is 2.35. The van der Waals surface area contributed by atoms with Crippen LogP contribution in [0.2, 0.25) is 0 Å². The molecular weight excluding hydrogens is 358 g/mol. The third-order valence-corrected chi connectivity index (χ3v) is 5.14.